The Kier molecular flexibility index (Phi) is 3.86. The van der Waals surface area contributed by atoms with Gasteiger partial charge in [-0.05, 0) is 31.4 Å². The van der Waals surface area contributed by atoms with Crippen LogP contribution in [0.15, 0.2) is 6.20 Å². The fourth-order valence-electron chi connectivity index (χ4n) is 2.59. The molecule has 2 aromatic rings. The van der Waals surface area contributed by atoms with Crippen molar-refractivity contribution in [3.63, 3.8) is 0 Å². The Morgan fingerprint density at radius 1 is 1.33 bits per heavy atom. The molecule has 1 fully saturated rings. The summed E-state index contributed by atoms with van der Waals surface area (Å²) in [5, 5.41) is 9.98. The van der Waals surface area contributed by atoms with Gasteiger partial charge in [0, 0.05) is 18.8 Å². The molecule has 0 saturated carbocycles. The number of anilines is 1. The van der Waals surface area contributed by atoms with E-state index in [1.54, 1.807) is 0 Å². The summed E-state index contributed by atoms with van der Waals surface area (Å²) in [5.41, 5.74) is 0.0391. The quantitative estimate of drug-likeness (QED) is 0.643. The largest absolute Gasteiger partial charge is 0.391 e. The van der Waals surface area contributed by atoms with Crippen molar-refractivity contribution < 1.29 is 9.50 Å². The van der Waals surface area contributed by atoms with Gasteiger partial charge in [0.15, 0.2) is 11.0 Å². The van der Waals surface area contributed by atoms with E-state index in [9.17, 15) is 9.50 Å². The number of halogens is 3. The van der Waals surface area contributed by atoms with Gasteiger partial charge in [-0.15, -0.1) is 0 Å². The molecule has 3 rings (SSSR count). The Labute approximate surface area is 130 Å². The highest BCUT2D eigenvalue weighted by molar-refractivity contribution is 6.30. The molecule has 5 nitrogen and oxygen atoms in total. The van der Waals surface area contributed by atoms with Crippen LogP contribution in [0.3, 0.4) is 0 Å². The molecule has 0 unspecified atom stereocenters. The van der Waals surface area contributed by atoms with Crippen molar-refractivity contribution in [2.24, 2.45) is 0 Å². The highest BCUT2D eigenvalue weighted by atomic mass is 35.5. The van der Waals surface area contributed by atoms with Crippen LogP contribution in [0.25, 0.3) is 10.9 Å². The van der Waals surface area contributed by atoms with Gasteiger partial charge in [0.05, 0.1) is 11.5 Å². The van der Waals surface area contributed by atoms with Gasteiger partial charge >= 0.3 is 0 Å². The van der Waals surface area contributed by atoms with Crippen molar-refractivity contribution in [3.8, 4) is 0 Å². The van der Waals surface area contributed by atoms with Gasteiger partial charge < -0.3 is 10.0 Å². The first-order chi connectivity index (χ1) is 9.97. The zero-order chi connectivity index (χ0) is 15.1. The Morgan fingerprint density at radius 2 is 2.10 bits per heavy atom. The maximum atomic E-state index is 14.1. The predicted molar refractivity (Wildman–Crippen MR) is 79.4 cm³/mol. The average molecular weight is 331 g/mol. The summed E-state index contributed by atoms with van der Waals surface area (Å²) in [6.07, 6.45) is 2.52. The van der Waals surface area contributed by atoms with Crippen LogP contribution >= 0.6 is 23.2 Å². The van der Waals surface area contributed by atoms with Gasteiger partial charge in [-0.25, -0.2) is 14.4 Å². The number of nitrogens with zero attached hydrogens (tertiary/aromatic N) is 4. The average Bonchev–Trinajstić information content (AvgIpc) is 2.45. The highest BCUT2D eigenvalue weighted by Gasteiger charge is 2.28. The molecule has 1 N–H and O–H groups in total. The zero-order valence-corrected chi connectivity index (χ0v) is 12.7. The highest BCUT2D eigenvalue weighted by Crippen LogP contribution is 2.32. The molecule has 2 atom stereocenters. The Bertz CT molecular complexity index is 699. The van der Waals surface area contributed by atoms with Crippen LogP contribution < -0.4 is 4.90 Å². The fraction of sp³-hybridized carbons (Fsp3) is 0.462. The monoisotopic (exact) mass is 330 g/mol. The van der Waals surface area contributed by atoms with Gasteiger partial charge in [0.1, 0.15) is 11.3 Å². The maximum Gasteiger partial charge on any atom is 0.225 e. The van der Waals surface area contributed by atoms with Gasteiger partial charge in [-0.3, -0.25) is 0 Å². The molecular weight excluding hydrogens is 318 g/mol. The van der Waals surface area contributed by atoms with Gasteiger partial charge in [-0.2, -0.15) is 4.98 Å². The molecule has 21 heavy (non-hydrogen) atoms. The number of aliphatic hydroxyl groups is 1. The first-order valence-electron chi connectivity index (χ1n) is 6.59. The lowest BCUT2D eigenvalue weighted by Gasteiger charge is -2.37. The number of aromatic nitrogens is 3. The molecule has 0 aromatic carbocycles. The van der Waals surface area contributed by atoms with Crippen LogP contribution in [0, 0.1) is 5.82 Å². The van der Waals surface area contributed by atoms with E-state index < -0.39 is 11.9 Å². The molecule has 0 amide bonds. The molecule has 0 bridgehead atoms. The summed E-state index contributed by atoms with van der Waals surface area (Å²) < 4.78 is 14.1. The van der Waals surface area contributed by atoms with Crippen molar-refractivity contribution >= 4 is 39.9 Å². The van der Waals surface area contributed by atoms with Crippen LogP contribution in [-0.2, 0) is 0 Å². The van der Waals surface area contributed by atoms with Crippen LogP contribution in [0.4, 0.5) is 10.2 Å². The number of piperidine rings is 1. The van der Waals surface area contributed by atoms with Gasteiger partial charge in [0.25, 0.3) is 0 Å². The molecule has 1 aliphatic heterocycles. The van der Waals surface area contributed by atoms with Gasteiger partial charge in [-0.1, -0.05) is 11.6 Å². The number of β-amino-alcohol motifs (C(OH)–C–C–N with tert-alkyl or cyclic N) is 1. The van der Waals surface area contributed by atoms with E-state index in [0.717, 1.165) is 12.8 Å². The first-order valence-corrected chi connectivity index (χ1v) is 7.35. The summed E-state index contributed by atoms with van der Waals surface area (Å²) >= 11 is 11.6. The molecule has 0 aliphatic carbocycles. The van der Waals surface area contributed by atoms with Crippen LogP contribution in [0.2, 0.25) is 10.4 Å². The Hall–Kier alpha value is -1.24. The van der Waals surface area contributed by atoms with Gasteiger partial charge in [0.2, 0.25) is 5.28 Å². The Balaban J connectivity index is 2.20. The van der Waals surface area contributed by atoms with E-state index >= 15 is 0 Å². The molecule has 8 heteroatoms. The second-order valence-corrected chi connectivity index (χ2v) is 5.87. The van der Waals surface area contributed by atoms with Crippen molar-refractivity contribution in [3.05, 3.63) is 22.5 Å². The number of pyridine rings is 1. The SMILES string of the molecule is C[C@@H]1CC[C@@H](O)CN1c1nc(Cl)nc2c(F)c(Cl)ncc12. The van der Waals surface area contributed by atoms with Crippen molar-refractivity contribution in [1.82, 2.24) is 15.0 Å². The molecule has 2 aromatic heterocycles. The van der Waals surface area contributed by atoms with Crippen molar-refractivity contribution in [2.45, 2.75) is 31.9 Å². The lowest BCUT2D eigenvalue weighted by molar-refractivity contribution is 0.144. The molecule has 0 radical (unpaired) electrons. The Morgan fingerprint density at radius 3 is 2.86 bits per heavy atom. The minimum Gasteiger partial charge on any atom is -0.391 e. The third-order valence-electron chi connectivity index (χ3n) is 3.72. The van der Waals surface area contributed by atoms with Crippen molar-refractivity contribution in [2.75, 3.05) is 11.4 Å². The summed E-state index contributed by atoms with van der Waals surface area (Å²) in [6.45, 7) is 2.43. The zero-order valence-electron chi connectivity index (χ0n) is 11.2. The third kappa shape index (κ3) is 2.63. The summed E-state index contributed by atoms with van der Waals surface area (Å²) in [5.74, 6) is -0.246. The topological polar surface area (TPSA) is 62.1 Å². The second-order valence-electron chi connectivity index (χ2n) is 5.17. The van der Waals surface area contributed by atoms with Crippen LogP contribution in [0.1, 0.15) is 19.8 Å². The molecule has 112 valence electrons. The summed E-state index contributed by atoms with van der Waals surface area (Å²) in [7, 11) is 0. The fourth-order valence-corrected chi connectivity index (χ4v) is 2.90. The predicted octanol–water partition coefficient (Wildman–Crippen LogP) is 2.82. The second kappa shape index (κ2) is 5.51. The first kappa shape index (κ1) is 14.7. The van der Waals surface area contributed by atoms with E-state index in [0.29, 0.717) is 17.7 Å². The normalized spacial score (nSPS) is 22.8. The molecule has 3 heterocycles. The standard InChI is InChI=1S/C13H13Cl2FN4O/c1-6-2-3-7(21)5-20(6)12-8-4-17-11(14)9(16)10(8)18-13(15)19-12/h4,6-7,21H,2-3,5H2,1H3/t6-,7-/m1/s1. The number of aliphatic hydroxyl groups excluding tert-OH is 1. The van der Waals surface area contributed by atoms with E-state index in [-0.39, 0.29) is 22.0 Å². The van der Waals surface area contributed by atoms with E-state index in [4.69, 9.17) is 23.2 Å². The van der Waals surface area contributed by atoms with Crippen LogP contribution in [-0.4, -0.2) is 38.7 Å². The number of fused-ring (bicyclic) bond motifs is 1. The van der Waals surface area contributed by atoms with Crippen LogP contribution in [0.5, 0.6) is 0 Å². The summed E-state index contributed by atoms with van der Waals surface area (Å²) in [4.78, 5) is 13.8. The summed E-state index contributed by atoms with van der Waals surface area (Å²) in [6, 6.07) is 0.154. The third-order valence-corrected chi connectivity index (χ3v) is 4.16. The smallest absolute Gasteiger partial charge is 0.225 e. The van der Waals surface area contributed by atoms with Crippen molar-refractivity contribution in [1.29, 1.82) is 0 Å². The number of hydrogen-bond acceptors (Lipinski definition) is 5. The molecule has 0 spiro atoms. The number of hydrogen-bond donors (Lipinski definition) is 1. The lowest BCUT2D eigenvalue weighted by Crippen LogP contribution is -2.44. The molecular formula is C13H13Cl2FN4O. The minimum absolute atomic E-state index is 0.0391. The van der Waals surface area contributed by atoms with E-state index in [1.807, 2.05) is 11.8 Å². The maximum absolute atomic E-state index is 14.1. The molecule has 1 aliphatic rings. The van der Waals surface area contributed by atoms with E-state index in [1.165, 1.54) is 6.20 Å². The lowest BCUT2D eigenvalue weighted by atomic mass is 10.0. The van der Waals surface area contributed by atoms with E-state index in [2.05, 4.69) is 15.0 Å². The molecule has 1 saturated heterocycles. The minimum atomic E-state index is -0.718. The number of rotatable bonds is 1.